The van der Waals surface area contributed by atoms with Gasteiger partial charge in [0.05, 0.1) is 6.04 Å². The van der Waals surface area contributed by atoms with Gasteiger partial charge in [0.25, 0.3) is 0 Å². The zero-order valence-electron chi connectivity index (χ0n) is 4.96. The zero-order chi connectivity index (χ0) is 5.98. The number of allylic oxidation sites excluding steroid dienone is 1. The molecule has 0 saturated carbocycles. The highest BCUT2D eigenvalue weighted by Crippen LogP contribution is 2.22. The molecule has 0 spiro atoms. The normalized spacial score (nSPS) is 27.8. The highest BCUT2D eigenvalue weighted by Gasteiger charge is 2.00. The van der Waals surface area contributed by atoms with Gasteiger partial charge in [0.15, 0.2) is 0 Å². The molecular weight excluding hydrogens is 120 g/mol. The highest BCUT2D eigenvalue weighted by molar-refractivity contribution is 8.01. The summed E-state index contributed by atoms with van der Waals surface area (Å²) in [5.41, 5.74) is 0. The van der Waals surface area contributed by atoms with Gasteiger partial charge >= 0.3 is 0 Å². The van der Waals surface area contributed by atoms with Crippen LogP contribution in [0.4, 0.5) is 0 Å². The van der Waals surface area contributed by atoms with Crippen LogP contribution in [0.5, 0.6) is 0 Å². The summed E-state index contributed by atoms with van der Waals surface area (Å²) in [5, 5.41) is 3.89. The summed E-state index contributed by atoms with van der Waals surface area (Å²) in [7, 11) is 0. The van der Waals surface area contributed by atoms with Crippen LogP contribution >= 0.6 is 11.9 Å². The van der Waals surface area contributed by atoms with Gasteiger partial charge in [-0.15, -0.1) is 4.52 Å². The number of hydrogen-bond acceptors (Lipinski definition) is 3. The predicted molar refractivity (Wildman–Crippen MR) is 35.7 cm³/mol. The van der Waals surface area contributed by atoms with Gasteiger partial charge in [-0.2, -0.15) is 5.11 Å². The van der Waals surface area contributed by atoms with Crippen LogP contribution in [0.3, 0.4) is 0 Å². The summed E-state index contributed by atoms with van der Waals surface area (Å²) >= 11 is 1.44. The minimum atomic E-state index is 0.288. The zero-order valence-corrected chi connectivity index (χ0v) is 5.77. The first kappa shape index (κ1) is 5.82. The molecule has 0 saturated heterocycles. The van der Waals surface area contributed by atoms with Gasteiger partial charge in [0, 0.05) is 16.9 Å². The Hall–Kier alpha value is -0.310. The molecule has 44 valence electrons. The van der Waals surface area contributed by atoms with E-state index in [9.17, 15) is 0 Å². The van der Waals surface area contributed by atoms with E-state index in [1.165, 1.54) is 16.9 Å². The van der Waals surface area contributed by atoms with E-state index in [-0.39, 0.29) is 6.04 Å². The topological polar surface area (TPSA) is 24.7 Å². The van der Waals surface area contributed by atoms with E-state index in [1.54, 1.807) is 0 Å². The third-order valence-corrected chi connectivity index (χ3v) is 1.49. The van der Waals surface area contributed by atoms with Crippen LogP contribution in [0, 0.1) is 0 Å². The Kier molecular flexibility index (Phi) is 1.68. The Morgan fingerprint density at radius 1 is 1.75 bits per heavy atom. The second-order valence-electron chi connectivity index (χ2n) is 1.81. The Labute approximate surface area is 53.2 Å². The lowest BCUT2D eigenvalue weighted by Gasteiger charge is -2.03. The summed E-state index contributed by atoms with van der Waals surface area (Å²) in [6.07, 6.45) is 2.09. The lowest BCUT2D eigenvalue weighted by molar-refractivity contribution is 0.861. The first-order valence-electron chi connectivity index (χ1n) is 2.54. The van der Waals surface area contributed by atoms with Crippen LogP contribution in [0.1, 0.15) is 13.8 Å². The van der Waals surface area contributed by atoms with Gasteiger partial charge in [-0.1, -0.05) is 0 Å². The maximum absolute atomic E-state index is 3.89. The Morgan fingerprint density at radius 2 is 2.50 bits per heavy atom. The maximum Gasteiger partial charge on any atom is 0.0882 e. The van der Waals surface area contributed by atoms with Crippen LogP contribution in [0.15, 0.2) is 20.6 Å². The van der Waals surface area contributed by atoms with Crippen molar-refractivity contribution in [1.29, 1.82) is 0 Å². The third-order valence-electron chi connectivity index (χ3n) is 0.890. The van der Waals surface area contributed by atoms with E-state index < -0.39 is 0 Å². The minimum Gasteiger partial charge on any atom is -0.174 e. The van der Waals surface area contributed by atoms with Crippen molar-refractivity contribution >= 4 is 11.9 Å². The summed E-state index contributed by atoms with van der Waals surface area (Å²) in [4.78, 5) is 1.24. The Bertz CT molecular complexity index is 139. The number of nitrogens with zero attached hydrogens (tertiary/aromatic N) is 2. The van der Waals surface area contributed by atoms with E-state index in [0.29, 0.717) is 0 Å². The van der Waals surface area contributed by atoms with Crippen LogP contribution in [0.25, 0.3) is 0 Å². The van der Waals surface area contributed by atoms with Crippen molar-refractivity contribution in [2.45, 2.75) is 19.9 Å². The second-order valence-corrected chi connectivity index (χ2v) is 2.80. The molecule has 0 aliphatic carbocycles. The molecule has 0 N–H and O–H groups in total. The highest BCUT2D eigenvalue weighted by atomic mass is 32.2. The summed E-state index contributed by atoms with van der Waals surface area (Å²) in [5.74, 6) is 0. The number of hydrogen-bond donors (Lipinski definition) is 0. The molecule has 1 atom stereocenters. The molecule has 8 heavy (non-hydrogen) atoms. The smallest absolute Gasteiger partial charge is 0.0882 e. The van der Waals surface area contributed by atoms with Gasteiger partial charge in [-0.3, -0.25) is 0 Å². The molecule has 0 aromatic rings. The van der Waals surface area contributed by atoms with Crippen LogP contribution in [-0.4, -0.2) is 6.04 Å². The standard InChI is InChI=1S/C5H8N2S/c1-4-3-5(2)8-7-6-4/h3-4H,1-2H3. The van der Waals surface area contributed by atoms with Crippen LogP contribution in [-0.2, 0) is 0 Å². The van der Waals surface area contributed by atoms with Crippen molar-refractivity contribution in [3.63, 3.8) is 0 Å². The molecule has 1 aliphatic rings. The monoisotopic (exact) mass is 128 g/mol. The predicted octanol–water partition coefficient (Wildman–Crippen LogP) is 2.39. The molecule has 0 aromatic heterocycles. The van der Waals surface area contributed by atoms with E-state index in [0.717, 1.165) is 0 Å². The molecule has 1 rings (SSSR count). The van der Waals surface area contributed by atoms with Crippen LogP contribution < -0.4 is 0 Å². The largest absolute Gasteiger partial charge is 0.174 e. The molecule has 3 heteroatoms. The SMILES string of the molecule is CC1=CC(C)N=NS1. The maximum atomic E-state index is 3.89. The van der Waals surface area contributed by atoms with Crippen molar-refractivity contribution in [1.82, 2.24) is 0 Å². The van der Waals surface area contributed by atoms with E-state index >= 15 is 0 Å². The van der Waals surface area contributed by atoms with Gasteiger partial charge in [0.2, 0.25) is 0 Å². The first-order valence-corrected chi connectivity index (χ1v) is 3.32. The molecule has 0 fully saturated rings. The quantitative estimate of drug-likeness (QED) is 0.460. The minimum absolute atomic E-state index is 0.288. The molecule has 0 amide bonds. The van der Waals surface area contributed by atoms with Gasteiger partial charge in [-0.05, 0) is 19.9 Å². The molecule has 1 heterocycles. The molecule has 2 nitrogen and oxygen atoms in total. The summed E-state index contributed by atoms with van der Waals surface area (Å²) in [6.45, 7) is 4.06. The molecule has 1 unspecified atom stereocenters. The fourth-order valence-corrected chi connectivity index (χ4v) is 1.15. The second kappa shape index (κ2) is 2.31. The lowest BCUT2D eigenvalue weighted by atomic mass is 10.3. The Balaban J connectivity index is 2.60. The fourth-order valence-electron chi connectivity index (χ4n) is 0.566. The molecule has 0 bridgehead atoms. The lowest BCUT2D eigenvalue weighted by Crippen LogP contribution is -1.93. The van der Waals surface area contributed by atoms with E-state index in [4.69, 9.17) is 0 Å². The van der Waals surface area contributed by atoms with Crippen molar-refractivity contribution in [2.24, 2.45) is 9.63 Å². The summed E-state index contributed by atoms with van der Waals surface area (Å²) in [6, 6.07) is 0.288. The average molecular weight is 128 g/mol. The Morgan fingerprint density at radius 3 is 2.88 bits per heavy atom. The molecule has 0 radical (unpaired) electrons. The molecule has 0 aromatic carbocycles. The molecular formula is C5H8N2S. The van der Waals surface area contributed by atoms with Crippen molar-refractivity contribution in [3.05, 3.63) is 11.0 Å². The summed E-state index contributed by atoms with van der Waals surface area (Å²) < 4.78 is 3.81. The third kappa shape index (κ3) is 1.33. The van der Waals surface area contributed by atoms with Crippen molar-refractivity contribution in [2.75, 3.05) is 0 Å². The average Bonchev–Trinajstić information content (AvgIpc) is 1.64. The van der Waals surface area contributed by atoms with Gasteiger partial charge in [-0.25, -0.2) is 0 Å². The molecule has 1 aliphatic heterocycles. The van der Waals surface area contributed by atoms with Crippen molar-refractivity contribution < 1.29 is 0 Å². The first-order chi connectivity index (χ1) is 3.79. The van der Waals surface area contributed by atoms with E-state index in [1.807, 2.05) is 13.8 Å². The fraction of sp³-hybridized carbons (Fsp3) is 0.600. The van der Waals surface area contributed by atoms with Gasteiger partial charge < -0.3 is 0 Å². The van der Waals surface area contributed by atoms with Crippen molar-refractivity contribution in [3.8, 4) is 0 Å². The number of rotatable bonds is 0. The van der Waals surface area contributed by atoms with Gasteiger partial charge in [0.1, 0.15) is 0 Å². The van der Waals surface area contributed by atoms with Crippen LogP contribution in [0.2, 0.25) is 0 Å². The van der Waals surface area contributed by atoms with E-state index in [2.05, 4.69) is 15.7 Å².